The maximum absolute atomic E-state index is 6.13. The molecule has 22 heavy (non-hydrogen) atoms. The van der Waals surface area contributed by atoms with Gasteiger partial charge in [-0.1, -0.05) is 65.2 Å². The van der Waals surface area contributed by atoms with E-state index in [4.69, 9.17) is 4.74 Å². The summed E-state index contributed by atoms with van der Waals surface area (Å²) < 4.78 is 6.13. The number of aryl methyl sites for hydroxylation is 1. The van der Waals surface area contributed by atoms with Gasteiger partial charge in [0.2, 0.25) is 0 Å². The van der Waals surface area contributed by atoms with Crippen LogP contribution in [-0.4, -0.2) is 12.7 Å². The summed E-state index contributed by atoms with van der Waals surface area (Å²) >= 11 is 1.80. The highest BCUT2D eigenvalue weighted by Gasteiger charge is 2.09. The highest BCUT2D eigenvalue weighted by molar-refractivity contribution is 7.07. The fourth-order valence-electron chi connectivity index (χ4n) is 2.80. The van der Waals surface area contributed by atoms with Crippen LogP contribution in [0.25, 0.3) is 0 Å². The van der Waals surface area contributed by atoms with Crippen LogP contribution in [0.1, 0.15) is 90.0 Å². The van der Waals surface area contributed by atoms with Crippen molar-refractivity contribution in [3.05, 3.63) is 22.4 Å². The van der Waals surface area contributed by atoms with E-state index in [-0.39, 0.29) is 0 Å². The van der Waals surface area contributed by atoms with Crippen molar-refractivity contribution in [3.63, 3.8) is 0 Å². The minimum absolute atomic E-state index is 0.474. The van der Waals surface area contributed by atoms with Crippen LogP contribution < -0.4 is 0 Å². The second-order valence-corrected chi connectivity index (χ2v) is 7.21. The van der Waals surface area contributed by atoms with Crippen LogP contribution in [0.3, 0.4) is 0 Å². The monoisotopic (exact) mass is 324 g/mol. The Morgan fingerprint density at radius 2 is 1.64 bits per heavy atom. The average molecular weight is 325 g/mol. The van der Waals surface area contributed by atoms with Crippen molar-refractivity contribution in [2.75, 3.05) is 6.61 Å². The third-order valence-electron chi connectivity index (χ3n) is 4.32. The van der Waals surface area contributed by atoms with E-state index in [9.17, 15) is 0 Å². The normalized spacial score (nSPS) is 12.6. The lowest BCUT2D eigenvalue weighted by atomic mass is 10.0. The Bertz CT molecular complexity index is 320. The van der Waals surface area contributed by atoms with Gasteiger partial charge in [0.25, 0.3) is 0 Å². The maximum atomic E-state index is 6.13. The van der Waals surface area contributed by atoms with Gasteiger partial charge >= 0.3 is 0 Å². The highest BCUT2D eigenvalue weighted by atomic mass is 32.1. The number of thiophene rings is 1. The molecule has 0 spiro atoms. The van der Waals surface area contributed by atoms with Crippen LogP contribution in [0.15, 0.2) is 16.8 Å². The first-order valence-corrected chi connectivity index (χ1v) is 10.4. The van der Waals surface area contributed by atoms with Crippen molar-refractivity contribution in [2.24, 2.45) is 0 Å². The average Bonchev–Trinajstić information content (AvgIpc) is 3.04. The zero-order valence-corrected chi connectivity index (χ0v) is 15.6. The molecule has 0 amide bonds. The van der Waals surface area contributed by atoms with Crippen LogP contribution >= 0.6 is 11.3 Å². The molecule has 0 fully saturated rings. The molecule has 0 aromatic carbocycles. The molecule has 1 rings (SSSR count). The largest absolute Gasteiger partial charge is 0.378 e. The van der Waals surface area contributed by atoms with Gasteiger partial charge in [-0.15, -0.1) is 0 Å². The SMILES string of the molecule is CCCCCCCCCC(CCc1ccsc1)OCCCC. The maximum Gasteiger partial charge on any atom is 0.0578 e. The van der Waals surface area contributed by atoms with Gasteiger partial charge in [-0.05, 0) is 48.1 Å². The van der Waals surface area contributed by atoms with Crippen molar-refractivity contribution < 1.29 is 4.74 Å². The Hall–Kier alpha value is -0.340. The molecule has 1 atom stereocenters. The molecule has 1 heterocycles. The number of rotatable bonds is 15. The van der Waals surface area contributed by atoms with Crippen LogP contribution in [-0.2, 0) is 11.2 Å². The van der Waals surface area contributed by atoms with Crippen molar-refractivity contribution >= 4 is 11.3 Å². The second-order valence-electron chi connectivity index (χ2n) is 6.43. The molecule has 0 N–H and O–H groups in total. The minimum Gasteiger partial charge on any atom is -0.378 e. The Balaban J connectivity index is 2.13. The van der Waals surface area contributed by atoms with Gasteiger partial charge in [0.15, 0.2) is 0 Å². The lowest BCUT2D eigenvalue weighted by molar-refractivity contribution is 0.0384. The van der Waals surface area contributed by atoms with Crippen molar-refractivity contribution in [1.29, 1.82) is 0 Å². The van der Waals surface area contributed by atoms with Crippen molar-refractivity contribution in [2.45, 2.75) is 97.0 Å². The fourth-order valence-corrected chi connectivity index (χ4v) is 3.50. The summed E-state index contributed by atoms with van der Waals surface area (Å²) in [6.45, 7) is 5.47. The van der Waals surface area contributed by atoms with E-state index < -0.39 is 0 Å². The topological polar surface area (TPSA) is 9.23 Å². The van der Waals surface area contributed by atoms with Gasteiger partial charge in [-0.25, -0.2) is 0 Å². The van der Waals surface area contributed by atoms with Gasteiger partial charge < -0.3 is 4.74 Å². The second kappa shape index (κ2) is 14.3. The van der Waals surface area contributed by atoms with E-state index in [1.165, 1.54) is 82.6 Å². The van der Waals surface area contributed by atoms with E-state index in [2.05, 4.69) is 30.7 Å². The summed E-state index contributed by atoms with van der Waals surface area (Å²) in [5.74, 6) is 0. The van der Waals surface area contributed by atoms with Gasteiger partial charge in [-0.3, -0.25) is 0 Å². The first-order valence-electron chi connectivity index (χ1n) is 9.49. The van der Waals surface area contributed by atoms with Gasteiger partial charge in [0.1, 0.15) is 0 Å². The predicted octanol–water partition coefficient (Wildman–Crippen LogP) is 7.01. The minimum atomic E-state index is 0.474. The molecule has 0 aliphatic heterocycles. The third kappa shape index (κ3) is 10.4. The first kappa shape index (κ1) is 19.7. The number of ether oxygens (including phenoxy) is 1. The predicted molar refractivity (Wildman–Crippen MR) is 99.9 cm³/mol. The molecule has 0 radical (unpaired) electrons. The third-order valence-corrected chi connectivity index (χ3v) is 5.05. The number of hydrogen-bond donors (Lipinski definition) is 0. The standard InChI is InChI=1S/C20H36OS/c1-3-5-7-8-9-10-11-12-20(21-16-6-4-2)14-13-19-15-17-22-18-19/h15,17-18,20H,3-14,16H2,1-2H3. The number of hydrogen-bond acceptors (Lipinski definition) is 2. The molecule has 0 aliphatic rings. The van der Waals surface area contributed by atoms with Crippen LogP contribution in [0, 0.1) is 0 Å². The molecule has 1 aromatic heterocycles. The molecule has 1 nitrogen and oxygen atoms in total. The first-order chi connectivity index (χ1) is 10.9. The quantitative estimate of drug-likeness (QED) is 0.315. The van der Waals surface area contributed by atoms with E-state index in [1.54, 1.807) is 11.3 Å². The Labute approximate surface area is 142 Å². The molecule has 0 saturated carbocycles. The van der Waals surface area contributed by atoms with Gasteiger partial charge in [0.05, 0.1) is 6.10 Å². The lowest BCUT2D eigenvalue weighted by Gasteiger charge is -2.17. The zero-order chi connectivity index (χ0) is 15.9. The smallest absolute Gasteiger partial charge is 0.0578 e. The van der Waals surface area contributed by atoms with E-state index in [0.29, 0.717) is 6.10 Å². The summed E-state index contributed by atoms with van der Waals surface area (Å²) in [5, 5.41) is 4.45. The van der Waals surface area contributed by atoms with Gasteiger partial charge in [-0.2, -0.15) is 11.3 Å². The highest BCUT2D eigenvalue weighted by Crippen LogP contribution is 2.17. The summed E-state index contributed by atoms with van der Waals surface area (Å²) in [5.41, 5.74) is 1.48. The Kier molecular flexibility index (Phi) is 12.8. The number of unbranched alkanes of at least 4 members (excludes halogenated alkanes) is 7. The van der Waals surface area contributed by atoms with E-state index in [1.807, 2.05) is 0 Å². The summed E-state index contributed by atoms with van der Waals surface area (Å²) in [4.78, 5) is 0. The molecule has 0 aliphatic carbocycles. The fraction of sp³-hybridized carbons (Fsp3) is 0.800. The molecule has 1 aromatic rings. The summed E-state index contributed by atoms with van der Waals surface area (Å²) in [7, 11) is 0. The van der Waals surface area contributed by atoms with Crippen molar-refractivity contribution in [1.82, 2.24) is 0 Å². The molecule has 0 saturated heterocycles. The van der Waals surface area contributed by atoms with E-state index in [0.717, 1.165) is 6.61 Å². The molecule has 2 heteroatoms. The zero-order valence-electron chi connectivity index (χ0n) is 14.8. The van der Waals surface area contributed by atoms with Crippen LogP contribution in [0.4, 0.5) is 0 Å². The molecule has 0 bridgehead atoms. The molecule has 1 unspecified atom stereocenters. The summed E-state index contributed by atoms with van der Waals surface area (Å²) in [6.07, 6.45) is 16.3. The summed E-state index contributed by atoms with van der Waals surface area (Å²) in [6, 6.07) is 2.25. The van der Waals surface area contributed by atoms with Crippen LogP contribution in [0.5, 0.6) is 0 Å². The van der Waals surface area contributed by atoms with Gasteiger partial charge in [0, 0.05) is 6.61 Å². The molecule has 128 valence electrons. The van der Waals surface area contributed by atoms with Crippen LogP contribution in [0.2, 0.25) is 0 Å². The Morgan fingerprint density at radius 3 is 2.32 bits per heavy atom. The molecular formula is C20H36OS. The van der Waals surface area contributed by atoms with E-state index >= 15 is 0 Å². The van der Waals surface area contributed by atoms with Crippen molar-refractivity contribution in [3.8, 4) is 0 Å². The Morgan fingerprint density at radius 1 is 0.909 bits per heavy atom. The molecular weight excluding hydrogens is 288 g/mol. The lowest BCUT2D eigenvalue weighted by Crippen LogP contribution is -2.15.